The van der Waals surface area contributed by atoms with Crippen LogP contribution < -0.4 is 15.4 Å². The fraction of sp³-hybridized carbons (Fsp3) is 0.407. The van der Waals surface area contributed by atoms with Crippen molar-refractivity contribution >= 4 is 39.4 Å². The summed E-state index contributed by atoms with van der Waals surface area (Å²) in [6.45, 7) is 11.5. The zero-order valence-electron chi connectivity index (χ0n) is 22.9. The van der Waals surface area contributed by atoms with Gasteiger partial charge in [-0.15, -0.1) is 10.2 Å². The van der Waals surface area contributed by atoms with Crippen LogP contribution in [0.1, 0.15) is 53.0 Å². The summed E-state index contributed by atoms with van der Waals surface area (Å²) in [6.07, 6.45) is 1.63. The van der Waals surface area contributed by atoms with Crippen LogP contribution in [0, 0.1) is 0 Å². The third-order valence-corrected chi connectivity index (χ3v) is 8.18. The Morgan fingerprint density at radius 2 is 1.64 bits per heavy atom. The van der Waals surface area contributed by atoms with Crippen molar-refractivity contribution in [2.24, 2.45) is 0 Å². The molecule has 0 aliphatic carbocycles. The van der Waals surface area contributed by atoms with Crippen molar-refractivity contribution in [3.05, 3.63) is 54.1 Å². The highest BCUT2D eigenvalue weighted by molar-refractivity contribution is 7.99. The number of anilines is 1. The smallest absolute Gasteiger partial charge is 0.328 e. The van der Waals surface area contributed by atoms with E-state index in [2.05, 4.69) is 53.7 Å². The summed E-state index contributed by atoms with van der Waals surface area (Å²) >= 11 is 1.27. The summed E-state index contributed by atoms with van der Waals surface area (Å²) in [7, 11) is -4.02. The highest BCUT2D eigenvalue weighted by atomic mass is 32.2. The van der Waals surface area contributed by atoms with Crippen LogP contribution in [-0.2, 0) is 26.8 Å². The molecule has 3 aromatic rings. The van der Waals surface area contributed by atoms with Gasteiger partial charge in [0.1, 0.15) is 0 Å². The van der Waals surface area contributed by atoms with Gasteiger partial charge in [-0.2, -0.15) is 0 Å². The number of amides is 3. The number of thioether (sulfide) groups is 1. The van der Waals surface area contributed by atoms with Crippen molar-refractivity contribution in [1.29, 1.82) is 0 Å². The molecule has 1 aromatic heterocycles. The number of carbonyl (C=O) groups is 2. The Balaban J connectivity index is 1.58. The van der Waals surface area contributed by atoms with Gasteiger partial charge in [-0.1, -0.05) is 70.1 Å². The standard InChI is InChI=1S/C27H36N6O4S2/c1-6-8-17-28-25(35)32-39(36,37)22-15-13-21(14-16-22)29-23(34)18-38-26-31-30-24(33(26)7-2)19-9-11-20(12-10-19)27(3,4)5/h9-16H,6-8,17-18H2,1-5H3,(H,29,34)(H2,28,32,35). The number of unbranched alkanes of at least 4 members (excludes halogenated alkanes) is 1. The molecule has 0 radical (unpaired) electrons. The van der Waals surface area contributed by atoms with E-state index in [0.717, 1.165) is 24.2 Å². The summed E-state index contributed by atoms with van der Waals surface area (Å²) in [5.41, 5.74) is 2.68. The zero-order valence-corrected chi connectivity index (χ0v) is 24.6. The van der Waals surface area contributed by atoms with Crippen LogP contribution >= 0.6 is 11.8 Å². The Morgan fingerprint density at radius 3 is 2.23 bits per heavy atom. The topological polar surface area (TPSA) is 135 Å². The number of nitrogens with one attached hydrogen (secondary N) is 3. The van der Waals surface area contributed by atoms with Crippen LogP contribution in [0.4, 0.5) is 10.5 Å². The predicted molar refractivity (Wildman–Crippen MR) is 154 cm³/mol. The molecule has 0 atom stereocenters. The van der Waals surface area contributed by atoms with E-state index >= 15 is 0 Å². The van der Waals surface area contributed by atoms with Gasteiger partial charge in [0.15, 0.2) is 11.0 Å². The molecular formula is C27H36N6O4S2. The van der Waals surface area contributed by atoms with Crippen molar-refractivity contribution < 1.29 is 18.0 Å². The molecule has 1 heterocycles. The molecule has 0 unspecified atom stereocenters. The van der Waals surface area contributed by atoms with Crippen LogP contribution in [0.25, 0.3) is 11.4 Å². The maximum Gasteiger partial charge on any atom is 0.328 e. The molecule has 210 valence electrons. The molecule has 3 amide bonds. The number of urea groups is 1. The average Bonchev–Trinajstić information content (AvgIpc) is 3.30. The normalized spacial score (nSPS) is 11.7. The molecule has 0 bridgehead atoms. The number of hydrogen-bond acceptors (Lipinski definition) is 7. The highest BCUT2D eigenvalue weighted by Gasteiger charge is 2.19. The summed E-state index contributed by atoms with van der Waals surface area (Å²) in [6, 6.07) is 13.1. The van der Waals surface area contributed by atoms with Crippen molar-refractivity contribution in [2.75, 3.05) is 17.6 Å². The number of hydrogen-bond donors (Lipinski definition) is 3. The van der Waals surface area contributed by atoms with Gasteiger partial charge >= 0.3 is 6.03 Å². The number of carbonyl (C=O) groups excluding carboxylic acids is 2. The average molecular weight is 573 g/mol. The maximum absolute atomic E-state index is 12.6. The summed E-state index contributed by atoms with van der Waals surface area (Å²) in [5.74, 6) is 0.566. The van der Waals surface area contributed by atoms with Gasteiger partial charge in [-0.05, 0) is 48.6 Å². The van der Waals surface area contributed by atoms with Gasteiger partial charge < -0.3 is 15.2 Å². The van der Waals surface area contributed by atoms with Crippen LogP contribution in [0.15, 0.2) is 58.6 Å². The summed E-state index contributed by atoms with van der Waals surface area (Å²) < 4.78 is 28.8. The minimum atomic E-state index is -4.02. The summed E-state index contributed by atoms with van der Waals surface area (Å²) in [4.78, 5) is 24.3. The van der Waals surface area contributed by atoms with Gasteiger partial charge in [-0.25, -0.2) is 17.9 Å². The molecule has 2 aromatic carbocycles. The Morgan fingerprint density at radius 1 is 0.974 bits per heavy atom. The van der Waals surface area contributed by atoms with Crippen LogP contribution in [0.2, 0.25) is 0 Å². The molecule has 3 rings (SSSR count). The zero-order chi connectivity index (χ0) is 28.6. The van der Waals surface area contributed by atoms with Gasteiger partial charge in [0.2, 0.25) is 5.91 Å². The number of nitrogens with zero attached hydrogens (tertiary/aromatic N) is 3. The third kappa shape index (κ3) is 8.30. The number of sulfonamides is 1. The first kappa shape index (κ1) is 30.2. The monoisotopic (exact) mass is 572 g/mol. The molecule has 0 saturated heterocycles. The van der Waals surface area contributed by atoms with Crippen molar-refractivity contribution in [1.82, 2.24) is 24.8 Å². The van der Waals surface area contributed by atoms with Gasteiger partial charge in [0, 0.05) is 24.3 Å². The number of benzene rings is 2. The first-order valence-electron chi connectivity index (χ1n) is 12.8. The molecular weight excluding hydrogens is 536 g/mol. The van der Waals surface area contributed by atoms with Gasteiger partial charge in [0.25, 0.3) is 10.0 Å². The Kier molecular flexibility index (Phi) is 10.1. The minimum absolute atomic E-state index is 0.0568. The molecule has 10 nitrogen and oxygen atoms in total. The van der Waals surface area contributed by atoms with E-state index in [0.29, 0.717) is 23.9 Å². The molecule has 0 saturated carbocycles. The van der Waals surface area contributed by atoms with E-state index in [1.54, 1.807) is 0 Å². The molecule has 3 N–H and O–H groups in total. The lowest BCUT2D eigenvalue weighted by Gasteiger charge is -2.19. The molecule has 0 spiro atoms. The van der Waals surface area contributed by atoms with E-state index in [9.17, 15) is 18.0 Å². The van der Waals surface area contributed by atoms with Crippen LogP contribution in [0.5, 0.6) is 0 Å². The minimum Gasteiger partial charge on any atom is -0.337 e. The van der Waals surface area contributed by atoms with E-state index in [1.807, 2.05) is 35.3 Å². The molecule has 0 fully saturated rings. The van der Waals surface area contributed by atoms with Crippen LogP contribution in [0.3, 0.4) is 0 Å². The Labute approximate surface area is 234 Å². The van der Waals surface area contributed by atoms with E-state index < -0.39 is 16.1 Å². The van der Waals surface area contributed by atoms with Crippen molar-refractivity contribution in [3.63, 3.8) is 0 Å². The maximum atomic E-state index is 12.6. The van der Waals surface area contributed by atoms with E-state index in [1.165, 1.54) is 41.6 Å². The second-order valence-electron chi connectivity index (χ2n) is 9.95. The lowest BCUT2D eigenvalue weighted by atomic mass is 9.87. The molecule has 12 heteroatoms. The highest BCUT2D eigenvalue weighted by Crippen LogP contribution is 2.28. The first-order valence-corrected chi connectivity index (χ1v) is 15.3. The van der Waals surface area contributed by atoms with Crippen LogP contribution in [-0.4, -0.2) is 47.4 Å². The lowest BCUT2D eigenvalue weighted by Crippen LogP contribution is -2.39. The van der Waals surface area contributed by atoms with Crippen molar-refractivity contribution in [2.45, 2.75) is 69.5 Å². The van der Waals surface area contributed by atoms with Gasteiger partial charge in [-0.3, -0.25) is 4.79 Å². The molecule has 0 aliphatic heterocycles. The fourth-order valence-electron chi connectivity index (χ4n) is 3.65. The third-order valence-electron chi connectivity index (χ3n) is 5.87. The molecule has 39 heavy (non-hydrogen) atoms. The van der Waals surface area contributed by atoms with E-state index in [4.69, 9.17) is 0 Å². The second-order valence-corrected chi connectivity index (χ2v) is 12.6. The summed E-state index contributed by atoms with van der Waals surface area (Å²) in [5, 5.41) is 14.5. The lowest BCUT2D eigenvalue weighted by molar-refractivity contribution is -0.113. The number of rotatable bonds is 11. The molecule has 0 aliphatic rings. The van der Waals surface area contributed by atoms with Gasteiger partial charge in [0.05, 0.1) is 10.6 Å². The quantitative estimate of drug-likeness (QED) is 0.222. The second kappa shape index (κ2) is 13.1. The first-order chi connectivity index (χ1) is 18.4. The Bertz CT molecular complexity index is 1380. The fourth-order valence-corrected chi connectivity index (χ4v) is 5.38. The predicted octanol–water partition coefficient (Wildman–Crippen LogP) is 4.78. The SMILES string of the molecule is CCCCNC(=O)NS(=O)(=O)c1ccc(NC(=O)CSc2nnc(-c3ccc(C(C)(C)C)cc3)n2CC)cc1. The largest absolute Gasteiger partial charge is 0.337 e. The van der Waals surface area contributed by atoms with E-state index in [-0.39, 0.29) is 22.0 Å². The Hall–Kier alpha value is -3.38. The van der Waals surface area contributed by atoms with Crippen molar-refractivity contribution in [3.8, 4) is 11.4 Å². The number of aromatic nitrogens is 3.